The number of carbonyl (C=O) groups excluding carboxylic acids is 1. The number of nitrogens with two attached hydrogens (primary N) is 1. The van der Waals surface area contributed by atoms with Crippen LogP contribution in [0, 0.1) is 10.1 Å². The van der Waals surface area contributed by atoms with Crippen molar-refractivity contribution < 1.29 is 9.72 Å². The maximum atomic E-state index is 10.9. The standard InChI is InChI=1S/C6H5ClN2O3/c7-3-1-4(8)6(10)2-5(3)9(11)12/h1H,2,8H2. The highest BCUT2D eigenvalue weighted by Gasteiger charge is 2.26. The third kappa shape index (κ3) is 1.45. The Hall–Kier alpha value is -1.36. The van der Waals surface area contributed by atoms with Gasteiger partial charge in [0.2, 0.25) is 0 Å². The van der Waals surface area contributed by atoms with Gasteiger partial charge in [0.15, 0.2) is 5.78 Å². The molecule has 0 unspecified atom stereocenters. The molecule has 0 saturated heterocycles. The quantitative estimate of drug-likeness (QED) is 0.480. The largest absolute Gasteiger partial charge is 0.396 e. The van der Waals surface area contributed by atoms with Gasteiger partial charge >= 0.3 is 0 Å². The Morgan fingerprint density at radius 3 is 2.75 bits per heavy atom. The first-order valence-corrected chi connectivity index (χ1v) is 3.43. The molecule has 0 spiro atoms. The molecule has 0 aromatic rings. The summed E-state index contributed by atoms with van der Waals surface area (Å²) in [6, 6.07) is 0. The molecule has 0 aliphatic heterocycles. The van der Waals surface area contributed by atoms with Crippen LogP contribution in [0.2, 0.25) is 0 Å². The van der Waals surface area contributed by atoms with E-state index < -0.39 is 10.7 Å². The van der Waals surface area contributed by atoms with E-state index in [1.54, 1.807) is 0 Å². The van der Waals surface area contributed by atoms with Crippen LogP contribution in [-0.4, -0.2) is 10.7 Å². The predicted octanol–water partition coefficient (Wildman–Crippen LogP) is 0.529. The summed E-state index contributed by atoms with van der Waals surface area (Å²) in [5, 5.41) is 10.2. The molecule has 0 heterocycles. The van der Waals surface area contributed by atoms with Gasteiger partial charge in [-0.15, -0.1) is 0 Å². The number of hydrogen-bond acceptors (Lipinski definition) is 4. The van der Waals surface area contributed by atoms with E-state index in [1.165, 1.54) is 0 Å². The number of hydrogen-bond donors (Lipinski definition) is 1. The normalized spacial score (nSPS) is 17.8. The highest BCUT2D eigenvalue weighted by Crippen LogP contribution is 2.22. The van der Waals surface area contributed by atoms with E-state index in [0.29, 0.717) is 0 Å². The Morgan fingerprint density at radius 2 is 2.25 bits per heavy atom. The average molecular weight is 189 g/mol. The van der Waals surface area contributed by atoms with Crippen molar-refractivity contribution in [1.82, 2.24) is 0 Å². The number of halogens is 1. The molecule has 1 rings (SSSR count). The Labute approximate surface area is 72.6 Å². The van der Waals surface area contributed by atoms with Gasteiger partial charge in [0.1, 0.15) is 11.5 Å². The van der Waals surface area contributed by atoms with Crippen LogP contribution in [0.1, 0.15) is 6.42 Å². The van der Waals surface area contributed by atoms with Crippen LogP contribution in [0.4, 0.5) is 0 Å². The van der Waals surface area contributed by atoms with Gasteiger partial charge in [-0.05, 0) is 6.08 Å². The number of rotatable bonds is 1. The number of Topliss-reactive ketones (excluding diaryl/α,β-unsaturated/α-hetero) is 1. The number of ketones is 1. The summed E-state index contributed by atoms with van der Waals surface area (Å²) in [5.74, 6) is -0.467. The monoisotopic (exact) mass is 188 g/mol. The molecule has 0 bridgehead atoms. The van der Waals surface area contributed by atoms with E-state index in [9.17, 15) is 14.9 Å². The summed E-state index contributed by atoms with van der Waals surface area (Å²) >= 11 is 5.47. The van der Waals surface area contributed by atoms with Crippen LogP contribution in [-0.2, 0) is 4.79 Å². The molecule has 12 heavy (non-hydrogen) atoms. The lowest BCUT2D eigenvalue weighted by Gasteiger charge is -2.05. The molecule has 1 aliphatic rings. The molecule has 0 fully saturated rings. The minimum Gasteiger partial charge on any atom is -0.396 e. The Kier molecular flexibility index (Phi) is 2.14. The SMILES string of the molecule is NC1=CC(Cl)=C([N+](=O)[O-])CC1=O. The highest BCUT2D eigenvalue weighted by atomic mass is 35.5. The first-order chi connectivity index (χ1) is 5.52. The number of nitrogens with zero attached hydrogens (tertiary/aromatic N) is 1. The molecular weight excluding hydrogens is 184 g/mol. The van der Waals surface area contributed by atoms with Gasteiger partial charge < -0.3 is 5.73 Å². The highest BCUT2D eigenvalue weighted by molar-refractivity contribution is 6.32. The molecule has 0 radical (unpaired) electrons. The molecule has 6 heteroatoms. The maximum absolute atomic E-state index is 10.9. The molecule has 0 saturated carbocycles. The first kappa shape index (κ1) is 8.73. The molecule has 2 N–H and O–H groups in total. The summed E-state index contributed by atoms with van der Waals surface area (Å²) in [4.78, 5) is 20.4. The smallest absolute Gasteiger partial charge is 0.272 e. The minimum atomic E-state index is -0.677. The van der Waals surface area contributed by atoms with Crippen LogP contribution < -0.4 is 5.73 Å². The molecule has 0 aromatic carbocycles. The van der Waals surface area contributed by atoms with Crippen LogP contribution in [0.25, 0.3) is 0 Å². The summed E-state index contributed by atoms with van der Waals surface area (Å²) in [7, 11) is 0. The fourth-order valence-corrected chi connectivity index (χ4v) is 1.04. The number of carbonyl (C=O) groups is 1. The third-order valence-corrected chi connectivity index (χ3v) is 1.76. The van der Waals surface area contributed by atoms with E-state index >= 15 is 0 Å². The summed E-state index contributed by atoms with van der Waals surface area (Å²) in [6.07, 6.45) is 0.777. The van der Waals surface area contributed by atoms with Crippen molar-refractivity contribution in [3.63, 3.8) is 0 Å². The van der Waals surface area contributed by atoms with Gasteiger partial charge in [-0.25, -0.2) is 0 Å². The second kappa shape index (κ2) is 2.94. The lowest BCUT2D eigenvalue weighted by atomic mass is 10.1. The molecule has 0 atom stereocenters. The van der Waals surface area contributed by atoms with Gasteiger partial charge in [0, 0.05) is 0 Å². The summed E-state index contributed by atoms with van der Waals surface area (Å²) < 4.78 is 0. The third-order valence-electron chi connectivity index (χ3n) is 1.43. The van der Waals surface area contributed by atoms with Gasteiger partial charge in [-0.1, -0.05) is 11.6 Å². The van der Waals surface area contributed by atoms with Crippen molar-refractivity contribution in [1.29, 1.82) is 0 Å². The van der Waals surface area contributed by atoms with Crippen molar-refractivity contribution in [3.05, 3.63) is 32.6 Å². The van der Waals surface area contributed by atoms with Crippen LogP contribution in [0.3, 0.4) is 0 Å². The second-order valence-electron chi connectivity index (χ2n) is 2.25. The zero-order valence-electron chi connectivity index (χ0n) is 5.91. The Balaban J connectivity index is 3.09. The van der Waals surface area contributed by atoms with Gasteiger partial charge in [0.25, 0.3) is 5.70 Å². The van der Waals surface area contributed by atoms with E-state index in [4.69, 9.17) is 17.3 Å². The van der Waals surface area contributed by atoms with Crippen LogP contribution in [0.5, 0.6) is 0 Å². The fourth-order valence-electron chi connectivity index (χ4n) is 0.791. The lowest BCUT2D eigenvalue weighted by Crippen LogP contribution is -2.18. The van der Waals surface area contributed by atoms with Crippen molar-refractivity contribution in [2.75, 3.05) is 0 Å². The van der Waals surface area contributed by atoms with E-state index in [0.717, 1.165) is 6.08 Å². The molecule has 5 nitrogen and oxygen atoms in total. The van der Waals surface area contributed by atoms with Crippen molar-refractivity contribution in [2.45, 2.75) is 6.42 Å². The lowest BCUT2D eigenvalue weighted by molar-refractivity contribution is -0.427. The van der Waals surface area contributed by atoms with Gasteiger partial charge in [0.05, 0.1) is 10.6 Å². The van der Waals surface area contributed by atoms with E-state index in [-0.39, 0.29) is 22.8 Å². The van der Waals surface area contributed by atoms with E-state index in [1.807, 2.05) is 0 Å². The number of allylic oxidation sites excluding steroid dienone is 4. The number of nitro groups is 1. The fraction of sp³-hybridized carbons (Fsp3) is 0.167. The summed E-state index contributed by atoms with van der Waals surface area (Å²) in [5.41, 5.74) is 4.87. The molecule has 0 amide bonds. The van der Waals surface area contributed by atoms with Crippen molar-refractivity contribution in [3.8, 4) is 0 Å². The first-order valence-electron chi connectivity index (χ1n) is 3.05. The molecule has 64 valence electrons. The van der Waals surface area contributed by atoms with Crippen molar-refractivity contribution in [2.24, 2.45) is 5.73 Å². The zero-order chi connectivity index (χ0) is 9.30. The Bertz CT molecular complexity index is 319. The van der Waals surface area contributed by atoms with Gasteiger partial charge in [-0.3, -0.25) is 14.9 Å². The molecular formula is C6H5ClN2O3. The van der Waals surface area contributed by atoms with Gasteiger partial charge in [-0.2, -0.15) is 0 Å². The predicted molar refractivity (Wildman–Crippen MR) is 41.8 cm³/mol. The average Bonchev–Trinajstić information content (AvgIpc) is 1.96. The zero-order valence-corrected chi connectivity index (χ0v) is 6.67. The van der Waals surface area contributed by atoms with Crippen LogP contribution in [0.15, 0.2) is 22.5 Å². The maximum Gasteiger partial charge on any atom is 0.272 e. The Morgan fingerprint density at radius 1 is 1.67 bits per heavy atom. The molecule has 0 aromatic heterocycles. The topological polar surface area (TPSA) is 86.2 Å². The molecule has 1 aliphatic carbocycles. The minimum absolute atomic E-state index is 0.0365. The van der Waals surface area contributed by atoms with Crippen LogP contribution >= 0.6 is 11.6 Å². The second-order valence-corrected chi connectivity index (χ2v) is 2.66. The summed E-state index contributed by atoms with van der Waals surface area (Å²) in [6.45, 7) is 0. The van der Waals surface area contributed by atoms with Crippen molar-refractivity contribution >= 4 is 17.4 Å². The van der Waals surface area contributed by atoms with E-state index in [2.05, 4.69) is 0 Å².